The first-order chi connectivity index (χ1) is 16.2. The second-order valence-corrected chi connectivity index (χ2v) is 8.46. The third-order valence-corrected chi connectivity index (χ3v) is 5.76. The third kappa shape index (κ3) is 6.62. The zero-order valence-electron chi connectivity index (χ0n) is 18.9. The molecule has 0 aromatic carbocycles. The number of rotatable bonds is 9. The Morgan fingerprint density at radius 3 is 2.11 bits per heavy atom. The quantitative estimate of drug-likeness (QED) is 0.138. The number of ether oxygens (including phenoxy) is 3. The molecule has 2 rings (SSSR count). The molecule has 0 radical (unpaired) electrons. The average molecular weight is 512 g/mol. The SMILES string of the molecule is CC(=O)NC1C(O)[C@@H](O)C(CO[C@@]2(C(=O)O)C[C@@H](O)[C@@H](NC(C)=O)C([C@H](O)[C@H](O)CO)O2)O[C@@H]1O. The van der Waals surface area contributed by atoms with Gasteiger partial charge in [-0.25, -0.2) is 4.79 Å². The van der Waals surface area contributed by atoms with Crippen molar-refractivity contribution in [3.8, 4) is 0 Å². The average Bonchev–Trinajstić information content (AvgIpc) is 2.78. The van der Waals surface area contributed by atoms with E-state index in [1.165, 1.54) is 0 Å². The lowest BCUT2D eigenvalue weighted by Crippen LogP contribution is -2.68. The van der Waals surface area contributed by atoms with E-state index in [1.54, 1.807) is 0 Å². The van der Waals surface area contributed by atoms with Crippen molar-refractivity contribution in [2.24, 2.45) is 0 Å². The van der Waals surface area contributed by atoms with Crippen molar-refractivity contribution in [1.29, 1.82) is 0 Å². The Morgan fingerprint density at radius 1 is 1.03 bits per heavy atom. The second kappa shape index (κ2) is 11.8. The van der Waals surface area contributed by atoms with Crippen LogP contribution in [0.3, 0.4) is 0 Å². The predicted octanol–water partition coefficient (Wildman–Crippen LogP) is -5.90. The van der Waals surface area contributed by atoms with Crippen molar-refractivity contribution in [1.82, 2.24) is 10.6 Å². The molecule has 16 nitrogen and oxygen atoms in total. The van der Waals surface area contributed by atoms with Gasteiger partial charge in [-0.1, -0.05) is 0 Å². The Balaban J connectivity index is 2.25. The normalized spacial score (nSPS) is 39.3. The molecule has 0 bridgehead atoms. The minimum atomic E-state index is -2.71. The number of aliphatic hydroxyl groups excluding tert-OH is 7. The van der Waals surface area contributed by atoms with Crippen LogP contribution in [0.1, 0.15) is 20.3 Å². The Hall–Kier alpha value is -1.99. The molecule has 2 fully saturated rings. The summed E-state index contributed by atoms with van der Waals surface area (Å²) in [5.41, 5.74) is 0. The van der Waals surface area contributed by atoms with Gasteiger partial charge in [0.2, 0.25) is 11.8 Å². The molecule has 35 heavy (non-hydrogen) atoms. The number of aliphatic carboxylic acids is 1. The van der Waals surface area contributed by atoms with Gasteiger partial charge in [-0.3, -0.25) is 9.59 Å². The number of hydrogen-bond acceptors (Lipinski definition) is 13. The molecule has 11 atom stereocenters. The fourth-order valence-electron chi connectivity index (χ4n) is 3.97. The van der Waals surface area contributed by atoms with Gasteiger partial charge in [0.05, 0.1) is 25.4 Å². The molecule has 202 valence electrons. The summed E-state index contributed by atoms with van der Waals surface area (Å²) in [5, 5.41) is 84.9. The van der Waals surface area contributed by atoms with Gasteiger partial charge in [0.25, 0.3) is 5.79 Å². The minimum absolute atomic E-state index is 0.628. The van der Waals surface area contributed by atoms with Crippen molar-refractivity contribution in [2.75, 3.05) is 13.2 Å². The van der Waals surface area contributed by atoms with Crippen molar-refractivity contribution >= 4 is 17.8 Å². The molecule has 0 aromatic heterocycles. The van der Waals surface area contributed by atoms with Gasteiger partial charge < -0.3 is 65.7 Å². The van der Waals surface area contributed by atoms with Crippen molar-refractivity contribution in [2.45, 2.75) is 87.2 Å². The Labute approximate surface area is 199 Å². The molecule has 0 spiro atoms. The van der Waals surface area contributed by atoms with E-state index in [0.29, 0.717) is 0 Å². The van der Waals surface area contributed by atoms with Crippen LogP contribution in [0, 0.1) is 0 Å². The lowest BCUT2D eigenvalue weighted by molar-refractivity contribution is -0.328. The second-order valence-electron chi connectivity index (χ2n) is 8.46. The maximum absolute atomic E-state index is 12.1. The van der Waals surface area contributed by atoms with Gasteiger partial charge in [-0.05, 0) is 0 Å². The van der Waals surface area contributed by atoms with Gasteiger partial charge in [0, 0.05) is 20.3 Å². The summed E-state index contributed by atoms with van der Waals surface area (Å²) in [7, 11) is 0. The molecule has 4 unspecified atom stereocenters. The third-order valence-electron chi connectivity index (χ3n) is 5.76. The van der Waals surface area contributed by atoms with Crippen LogP contribution >= 0.6 is 0 Å². The van der Waals surface area contributed by atoms with E-state index in [0.717, 1.165) is 13.8 Å². The van der Waals surface area contributed by atoms with Gasteiger partial charge in [-0.2, -0.15) is 0 Å². The van der Waals surface area contributed by atoms with E-state index < -0.39 is 104 Å². The first-order valence-corrected chi connectivity index (χ1v) is 10.7. The number of aliphatic hydroxyl groups is 7. The molecule has 10 N–H and O–H groups in total. The maximum atomic E-state index is 12.1. The Morgan fingerprint density at radius 2 is 1.60 bits per heavy atom. The number of carboxylic acid groups (broad SMARTS) is 1. The summed E-state index contributed by atoms with van der Waals surface area (Å²) in [6.07, 6.45) is -14.9. The number of carboxylic acids is 1. The van der Waals surface area contributed by atoms with Crippen LogP contribution in [-0.2, 0) is 28.6 Å². The fourth-order valence-corrected chi connectivity index (χ4v) is 3.97. The number of hydrogen-bond donors (Lipinski definition) is 10. The zero-order valence-corrected chi connectivity index (χ0v) is 18.9. The van der Waals surface area contributed by atoms with E-state index in [4.69, 9.17) is 19.3 Å². The highest BCUT2D eigenvalue weighted by Crippen LogP contribution is 2.34. The molecule has 2 aliphatic heterocycles. The lowest BCUT2D eigenvalue weighted by Gasteiger charge is -2.47. The van der Waals surface area contributed by atoms with E-state index in [-0.39, 0.29) is 0 Å². The van der Waals surface area contributed by atoms with Crippen LogP contribution in [0.4, 0.5) is 0 Å². The maximum Gasteiger partial charge on any atom is 0.364 e. The van der Waals surface area contributed by atoms with E-state index >= 15 is 0 Å². The summed E-state index contributed by atoms with van der Waals surface area (Å²) >= 11 is 0. The van der Waals surface area contributed by atoms with Crippen LogP contribution < -0.4 is 10.6 Å². The number of amides is 2. The molecule has 2 amide bonds. The molecular weight excluding hydrogens is 480 g/mol. The molecule has 2 saturated heterocycles. The molecule has 0 aromatic rings. The molecular formula is C19H32N2O14. The minimum Gasteiger partial charge on any atom is -0.477 e. The van der Waals surface area contributed by atoms with Gasteiger partial charge in [0.15, 0.2) is 6.29 Å². The van der Waals surface area contributed by atoms with E-state index in [1.807, 2.05) is 0 Å². The summed E-state index contributed by atoms with van der Waals surface area (Å²) in [5.74, 6) is -5.80. The van der Waals surface area contributed by atoms with Crippen molar-refractivity contribution in [3.05, 3.63) is 0 Å². The van der Waals surface area contributed by atoms with Crippen LogP contribution in [-0.4, -0.2) is 139 Å². The number of carbonyl (C=O) groups is 3. The fraction of sp³-hybridized carbons (Fsp3) is 0.842. The van der Waals surface area contributed by atoms with Crippen LogP contribution in [0.2, 0.25) is 0 Å². The number of nitrogens with one attached hydrogen (secondary N) is 2. The summed E-state index contributed by atoms with van der Waals surface area (Å²) in [6.45, 7) is 0.409. The highest BCUT2D eigenvalue weighted by atomic mass is 16.7. The predicted molar refractivity (Wildman–Crippen MR) is 109 cm³/mol. The van der Waals surface area contributed by atoms with E-state index in [2.05, 4.69) is 10.6 Å². The summed E-state index contributed by atoms with van der Waals surface area (Å²) in [6, 6.07) is -2.80. The largest absolute Gasteiger partial charge is 0.477 e. The highest BCUT2D eigenvalue weighted by molar-refractivity contribution is 5.76. The summed E-state index contributed by atoms with van der Waals surface area (Å²) in [4.78, 5) is 34.9. The first kappa shape index (κ1) is 29.2. The van der Waals surface area contributed by atoms with Crippen molar-refractivity contribution < 1.29 is 69.4 Å². The van der Waals surface area contributed by atoms with E-state index in [9.17, 15) is 50.1 Å². The first-order valence-electron chi connectivity index (χ1n) is 10.7. The Kier molecular flexibility index (Phi) is 9.88. The van der Waals surface area contributed by atoms with Crippen LogP contribution in [0.25, 0.3) is 0 Å². The van der Waals surface area contributed by atoms with Crippen molar-refractivity contribution in [3.63, 3.8) is 0 Å². The molecule has 2 heterocycles. The molecule has 2 aliphatic rings. The monoisotopic (exact) mass is 512 g/mol. The highest BCUT2D eigenvalue weighted by Gasteiger charge is 2.56. The van der Waals surface area contributed by atoms with Gasteiger partial charge in [0.1, 0.15) is 42.7 Å². The zero-order chi connectivity index (χ0) is 26.7. The smallest absolute Gasteiger partial charge is 0.364 e. The lowest BCUT2D eigenvalue weighted by atomic mass is 9.88. The molecule has 0 aliphatic carbocycles. The number of carbonyl (C=O) groups excluding carboxylic acids is 2. The summed E-state index contributed by atoms with van der Waals surface area (Å²) < 4.78 is 15.9. The molecule has 0 saturated carbocycles. The van der Waals surface area contributed by atoms with Crippen LogP contribution in [0.15, 0.2) is 0 Å². The van der Waals surface area contributed by atoms with Gasteiger partial charge in [-0.15, -0.1) is 0 Å². The Bertz CT molecular complexity index is 770. The molecule has 16 heteroatoms. The topological polar surface area (TPSA) is 265 Å². The van der Waals surface area contributed by atoms with Gasteiger partial charge >= 0.3 is 5.97 Å². The van der Waals surface area contributed by atoms with Crippen LogP contribution in [0.5, 0.6) is 0 Å². The standard InChI is InChI=1S/C19H32N2O14/c1-6(23)20-11-8(25)3-19(18(31)32,35-16(11)13(27)9(26)4-22)33-5-10-14(28)15(29)12(17(30)34-10)21-7(2)24/h8-17,22,25-30H,3-5H2,1-2H3,(H,20,23)(H,21,24)(H,31,32)/t8-,9-,10?,11-,12?,13-,14+,15?,16?,17+,19+/m1/s1.